The van der Waals surface area contributed by atoms with Gasteiger partial charge in [-0.2, -0.15) is 0 Å². The van der Waals surface area contributed by atoms with Crippen LogP contribution >= 0.6 is 23.2 Å². The maximum Gasteiger partial charge on any atom is 0.136 e. The fourth-order valence-corrected chi connectivity index (χ4v) is 5.06. The van der Waals surface area contributed by atoms with Crippen LogP contribution in [-0.2, 0) is 11.4 Å². The molecule has 1 fully saturated rings. The number of hydrogen-bond donors (Lipinski definition) is 2. The lowest BCUT2D eigenvalue weighted by atomic mass is 9.85. The first kappa shape index (κ1) is 26.0. The van der Waals surface area contributed by atoms with Crippen molar-refractivity contribution in [2.24, 2.45) is 5.92 Å². The molecule has 3 N–H and O–H groups in total. The second kappa shape index (κ2) is 11.2. The minimum Gasteiger partial charge on any atom is -0.598 e. The summed E-state index contributed by atoms with van der Waals surface area (Å²) in [7, 11) is 0. The summed E-state index contributed by atoms with van der Waals surface area (Å²) in [6.45, 7) is 11.5. The molecule has 9 heteroatoms. The third-order valence-electron chi connectivity index (χ3n) is 5.64. The molecule has 2 atom stereocenters. The van der Waals surface area contributed by atoms with Crippen molar-refractivity contribution in [3.8, 4) is 5.75 Å². The number of pyridine rings is 1. The van der Waals surface area contributed by atoms with Gasteiger partial charge in [-0.05, 0) is 51.7 Å². The lowest BCUT2D eigenvalue weighted by Crippen LogP contribution is -2.46. The first-order valence-corrected chi connectivity index (χ1v) is 12.9. The quantitative estimate of drug-likeness (QED) is 0.357. The van der Waals surface area contributed by atoms with E-state index in [9.17, 15) is 4.55 Å². The van der Waals surface area contributed by atoms with E-state index in [2.05, 4.69) is 21.2 Å². The summed E-state index contributed by atoms with van der Waals surface area (Å²) in [6, 6.07) is 7.00. The Hall–Kier alpha value is -1.64. The van der Waals surface area contributed by atoms with Crippen LogP contribution in [0.15, 0.2) is 43.1 Å². The number of nitrogens with zero attached hydrogens (tertiary/aromatic N) is 2. The van der Waals surface area contributed by atoms with Crippen LogP contribution in [0.4, 0.5) is 11.5 Å². The van der Waals surface area contributed by atoms with Crippen molar-refractivity contribution in [1.29, 1.82) is 0 Å². The van der Waals surface area contributed by atoms with Crippen LogP contribution in [0.3, 0.4) is 0 Å². The smallest absolute Gasteiger partial charge is 0.136 e. The van der Waals surface area contributed by atoms with Crippen molar-refractivity contribution >= 4 is 46.1 Å². The van der Waals surface area contributed by atoms with Crippen LogP contribution in [0.5, 0.6) is 5.75 Å². The average Bonchev–Trinajstić information content (AvgIpc) is 2.77. The Morgan fingerprint density at radius 2 is 1.97 bits per heavy atom. The van der Waals surface area contributed by atoms with Crippen molar-refractivity contribution in [2.45, 2.75) is 44.4 Å². The van der Waals surface area contributed by atoms with Gasteiger partial charge in [-0.15, -0.1) is 4.72 Å². The fraction of sp³-hybridized carbons (Fsp3) is 0.458. The number of anilines is 2. The highest BCUT2D eigenvalue weighted by molar-refractivity contribution is 7.90. The summed E-state index contributed by atoms with van der Waals surface area (Å²) in [5.41, 5.74) is 7.49. The predicted octanol–water partition coefficient (Wildman–Crippen LogP) is 5.54. The topological polar surface area (TPSA) is 86.5 Å². The first-order valence-electron chi connectivity index (χ1n) is 11.0. The van der Waals surface area contributed by atoms with Crippen LogP contribution in [0, 0.1) is 5.92 Å². The number of hydrogen-bond acceptors (Lipinski definition) is 6. The molecule has 3 rings (SSSR count). The van der Waals surface area contributed by atoms with Crippen molar-refractivity contribution < 1.29 is 9.29 Å². The zero-order valence-electron chi connectivity index (χ0n) is 19.3. The van der Waals surface area contributed by atoms with Crippen molar-refractivity contribution in [3.63, 3.8) is 0 Å². The third kappa shape index (κ3) is 6.70. The lowest BCUT2D eigenvalue weighted by Gasteiger charge is -2.38. The molecule has 0 saturated carbocycles. The Bertz CT molecular complexity index is 962. The Balaban J connectivity index is 1.90. The van der Waals surface area contributed by atoms with Crippen LogP contribution in [0.1, 0.15) is 45.2 Å². The van der Waals surface area contributed by atoms with Gasteiger partial charge in [-0.25, -0.2) is 4.98 Å². The van der Waals surface area contributed by atoms with E-state index in [-0.39, 0.29) is 12.0 Å². The lowest BCUT2D eigenvalue weighted by molar-refractivity contribution is 0.306. The van der Waals surface area contributed by atoms with Gasteiger partial charge in [0.1, 0.15) is 22.9 Å². The highest BCUT2D eigenvalue weighted by Gasteiger charge is 2.37. The monoisotopic (exact) mass is 510 g/mol. The molecule has 1 aliphatic heterocycles. The number of ether oxygens (including phenoxy) is 1. The van der Waals surface area contributed by atoms with Crippen LogP contribution in [-0.4, -0.2) is 34.0 Å². The van der Waals surface area contributed by atoms with E-state index in [4.69, 9.17) is 33.7 Å². The number of benzene rings is 1. The van der Waals surface area contributed by atoms with Gasteiger partial charge < -0.3 is 19.9 Å². The maximum absolute atomic E-state index is 13.1. The highest BCUT2D eigenvalue weighted by Crippen LogP contribution is 2.41. The molecule has 2 heterocycles. The minimum atomic E-state index is -1.29. The van der Waals surface area contributed by atoms with E-state index >= 15 is 0 Å². The molecule has 2 unspecified atom stereocenters. The van der Waals surface area contributed by atoms with Crippen LogP contribution < -0.4 is 20.1 Å². The summed E-state index contributed by atoms with van der Waals surface area (Å²) >= 11 is 11.4. The second-order valence-corrected chi connectivity index (χ2v) is 12.0. The van der Waals surface area contributed by atoms with Gasteiger partial charge >= 0.3 is 0 Å². The first-order chi connectivity index (χ1) is 15.6. The van der Waals surface area contributed by atoms with Gasteiger partial charge in [0.2, 0.25) is 0 Å². The van der Waals surface area contributed by atoms with Gasteiger partial charge in [0.05, 0.1) is 16.1 Å². The molecule has 1 aromatic heterocycles. The SMILES string of the molecule is C=CCOc1cc(Cl)c(Cl)cc1C(N[S+]([O-])C(C)(C)C)C1CCN(c2cc(N)ccn2)CC1. The summed E-state index contributed by atoms with van der Waals surface area (Å²) in [4.78, 5) is 6.69. The maximum atomic E-state index is 13.1. The number of nitrogens with two attached hydrogens (primary N) is 1. The fourth-order valence-electron chi connectivity index (χ4n) is 3.84. The molecule has 6 nitrogen and oxygen atoms in total. The predicted molar refractivity (Wildman–Crippen MR) is 140 cm³/mol. The third-order valence-corrected chi connectivity index (χ3v) is 7.94. The summed E-state index contributed by atoms with van der Waals surface area (Å²) < 4.78 is 22.0. The molecule has 33 heavy (non-hydrogen) atoms. The Labute approximate surface area is 209 Å². The molecular formula is C24H32Cl2N4O2S. The highest BCUT2D eigenvalue weighted by atomic mass is 35.5. The Morgan fingerprint density at radius 1 is 1.30 bits per heavy atom. The van der Waals surface area contributed by atoms with Crippen molar-refractivity contribution in [2.75, 3.05) is 30.3 Å². The zero-order valence-corrected chi connectivity index (χ0v) is 21.6. The molecule has 1 aliphatic rings. The van der Waals surface area contributed by atoms with Crippen LogP contribution in [0.2, 0.25) is 10.0 Å². The van der Waals surface area contributed by atoms with E-state index in [0.29, 0.717) is 28.1 Å². The van der Waals surface area contributed by atoms with Crippen LogP contribution in [0.25, 0.3) is 0 Å². The summed E-state index contributed by atoms with van der Waals surface area (Å²) in [5.74, 6) is 1.70. The molecule has 0 aliphatic carbocycles. The van der Waals surface area contributed by atoms with E-state index in [1.54, 1.807) is 24.4 Å². The van der Waals surface area contributed by atoms with Gasteiger partial charge in [0.15, 0.2) is 0 Å². The largest absolute Gasteiger partial charge is 0.598 e. The average molecular weight is 512 g/mol. The summed E-state index contributed by atoms with van der Waals surface area (Å²) in [5, 5.41) is 0.852. The standard InChI is InChI=1S/C24H32Cl2N4O2S/c1-5-12-32-21-15-20(26)19(25)14-18(21)23(29-33(31)24(2,3)4)16-7-10-30(11-8-16)22-13-17(27)6-9-28-22/h5-6,9,13-16,23,29H,1,7-8,10-12H2,2-4H3,(H2,27,28). The number of halogens is 2. The van der Waals surface area contributed by atoms with E-state index in [1.807, 2.05) is 32.9 Å². The number of piperidine rings is 1. The van der Waals surface area contributed by atoms with Gasteiger partial charge in [-0.3, -0.25) is 0 Å². The number of nitrogens with one attached hydrogen (secondary N) is 1. The number of nitrogen functional groups attached to an aromatic ring is 1. The van der Waals surface area contributed by atoms with Gasteiger partial charge in [0.25, 0.3) is 0 Å². The van der Waals surface area contributed by atoms with Gasteiger partial charge in [0, 0.05) is 54.0 Å². The van der Waals surface area contributed by atoms with Gasteiger partial charge in [-0.1, -0.05) is 35.9 Å². The summed E-state index contributed by atoms with van der Waals surface area (Å²) in [6.07, 6.45) is 5.15. The second-order valence-electron chi connectivity index (χ2n) is 9.15. The molecule has 0 radical (unpaired) electrons. The number of aromatic nitrogens is 1. The van der Waals surface area contributed by atoms with E-state index in [0.717, 1.165) is 37.3 Å². The Kier molecular flexibility index (Phi) is 8.81. The van der Waals surface area contributed by atoms with E-state index < -0.39 is 16.1 Å². The minimum absolute atomic E-state index is 0.205. The zero-order chi connectivity index (χ0) is 24.2. The molecule has 0 bridgehead atoms. The Morgan fingerprint density at radius 3 is 2.58 bits per heavy atom. The molecule has 0 amide bonds. The molecule has 0 spiro atoms. The number of rotatable bonds is 8. The molecule has 2 aromatic rings. The molecule has 1 aromatic carbocycles. The van der Waals surface area contributed by atoms with Crippen molar-refractivity contribution in [1.82, 2.24) is 9.71 Å². The molecule has 1 saturated heterocycles. The molecule has 180 valence electrons. The molecular weight excluding hydrogens is 479 g/mol. The normalized spacial score (nSPS) is 17.0. The van der Waals surface area contributed by atoms with E-state index in [1.165, 1.54) is 0 Å². The van der Waals surface area contributed by atoms with Crippen molar-refractivity contribution in [3.05, 3.63) is 58.7 Å².